The molecule has 0 bridgehead atoms. The Labute approximate surface area is 355 Å². The highest BCUT2D eigenvalue weighted by molar-refractivity contribution is 6.17. The Kier molecular flexibility index (Phi) is 8.59. The molecule has 0 unspecified atom stereocenters. The van der Waals surface area contributed by atoms with Gasteiger partial charge in [-0.25, -0.2) is 0 Å². The summed E-state index contributed by atoms with van der Waals surface area (Å²) >= 11 is 0. The Hall–Kier alpha value is -7.36. The van der Waals surface area contributed by atoms with Crippen LogP contribution in [0, 0.1) is 0 Å². The highest BCUT2D eigenvalue weighted by atomic mass is 16.3. The first-order chi connectivity index (χ1) is 30.3. The Morgan fingerprint density at radius 1 is 0.443 bits per heavy atom. The minimum atomic E-state index is 0.570. The van der Waals surface area contributed by atoms with E-state index < -0.39 is 0 Å². The molecule has 0 radical (unpaired) electrons. The molecule has 1 fully saturated rings. The number of para-hydroxylation sites is 4. The van der Waals surface area contributed by atoms with Crippen molar-refractivity contribution in [3.8, 4) is 27.9 Å². The molecule has 0 aliphatic heterocycles. The molecule has 1 aliphatic carbocycles. The van der Waals surface area contributed by atoms with Crippen LogP contribution in [0.5, 0.6) is 0 Å². The fraction of sp³-hybridized carbons (Fsp3) is 0.103. The quantitative estimate of drug-likeness (QED) is 0.161. The van der Waals surface area contributed by atoms with E-state index in [-0.39, 0.29) is 0 Å². The van der Waals surface area contributed by atoms with Crippen LogP contribution in [0.4, 0.5) is 17.1 Å². The van der Waals surface area contributed by atoms with E-state index in [1.807, 2.05) is 0 Å². The van der Waals surface area contributed by atoms with Crippen molar-refractivity contribution in [2.75, 3.05) is 4.90 Å². The maximum absolute atomic E-state index is 6.56. The molecular formula is C58H44N2O. The standard InChI is InChI=1S/C58H44N2O/c1-3-18-39(19-4-1)44-29-14-20-40-21-15-31-47(56(40)44)46-26-7-10-32-50(46)60(53-35-17-37-55-58(53)49-28-9-12-36-54(49)61-55)43-25-13-22-41(38-43)45-30-16-34-52-57(45)48-27-8-11-33-51(48)59(52)42-23-5-2-6-24-42/h2,5-17,20-39H,1,3-4,18-19H2. The zero-order valence-corrected chi connectivity index (χ0v) is 34.0. The van der Waals surface area contributed by atoms with E-state index >= 15 is 0 Å². The Morgan fingerprint density at radius 2 is 1.10 bits per heavy atom. The van der Waals surface area contributed by atoms with Crippen LogP contribution in [-0.2, 0) is 0 Å². The molecule has 2 aromatic heterocycles. The summed E-state index contributed by atoms with van der Waals surface area (Å²) in [5.74, 6) is 0.570. The van der Waals surface area contributed by atoms with Crippen LogP contribution in [0.3, 0.4) is 0 Å². The number of nitrogens with zero attached hydrogens (tertiary/aromatic N) is 2. The second-order valence-electron chi connectivity index (χ2n) is 16.6. The third kappa shape index (κ3) is 5.87. The average Bonchev–Trinajstić information content (AvgIpc) is 3.89. The van der Waals surface area contributed by atoms with E-state index in [2.05, 4.69) is 210 Å². The lowest BCUT2D eigenvalue weighted by Gasteiger charge is -2.30. The summed E-state index contributed by atoms with van der Waals surface area (Å²) in [6.07, 6.45) is 6.43. The van der Waals surface area contributed by atoms with Gasteiger partial charge >= 0.3 is 0 Å². The zero-order valence-electron chi connectivity index (χ0n) is 34.0. The lowest BCUT2D eigenvalue weighted by atomic mass is 9.80. The Morgan fingerprint density at radius 3 is 2.00 bits per heavy atom. The van der Waals surface area contributed by atoms with Gasteiger partial charge in [0.2, 0.25) is 0 Å². The molecule has 0 amide bonds. The summed E-state index contributed by atoms with van der Waals surface area (Å²) in [6.45, 7) is 0. The number of benzene rings is 9. The van der Waals surface area contributed by atoms with Gasteiger partial charge in [-0.2, -0.15) is 0 Å². The van der Waals surface area contributed by atoms with E-state index in [1.54, 1.807) is 0 Å². The van der Waals surface area contributed by atoms with Gasteiger partial charge in [0.1, 0.15) is 11.2 Å². The van der Waals surface area contributed by atoms with Crippen molar-refractivity contribution in [3.63, 3.8) is 0 Å². The molecule has 292 valence electrons. The van der Waals surface area contributed by atoms with E-state index in [0.29, 0.717) is 5.92 Å². The number of anilines is 3. The van der Waals surface area contributed by atoms with E-state index in [0.717, 1.165) is 50.3 Å². The molecule has 0 N–H and O–H groups in total. The number of fused-ring (bicyclic) bond motifs is 7. The van der Waals surface area contributed by atoms with Gasteiger partial charge < -0.3 is 13.9 Å². The number of hydrogen-bond donors (Lipinski definition) is 0. The number of rotatable bonds is 7. The lowest BCUT2D eigenvalue weighted by molar-refractivity contribution is 0.445. The topological polar surface area (TPSA) is 21.3 Å². The molecule has 12 rings (SSSR count). The van der Waals surface area contributed by atoms with Crippen molar-refractivity contribution < 1.29 is 4.42 Å². The summed E-state index contributed by atoms with van der Waals surface area (Å²) in [5.41, 5.74) is 14.9. The SMILES string of the molecule is c1ccc(-n2c3ccccc3c3c(-c4cccc(N(c5ccccc5-c5cccc6cccc(C7CCCCC7)c56)c5cccc6oc7ccccc7c56)c4)cccc32)cc1. The van der Waals surface area contributed by atoms with Gasteiger partial charge in [0.05, 0.1) is 27.8 Å². The molecule has 61 heavy (non-hydrogen) atoms. The summed E-state index contributed by atoms with van der Waals surface area (Å²) in [6, 6.07) is 73.2. The van der Waals surface area contributed by atoms with Crippen LogP contribution in [0.15, 0.2) is 205 Å². The number of furan rings is 1. The normalized spacial score (nSPS) is 13.5. The maximum Gasteiger partial charge on any atom is 0.137 e. The predicted molar refractivity (Wildman–Crippen MR) is 257 cm³/mol. The Bertz CT molecular complexity index is 3420. The van der Waals surface area contributed by atoms with Gasteiger partial charge in [-0.3, -0.25) is 0 Å². The highest BCUT2D eigenvalue weighted by Crippen LogP contribution is 2.49. The zero-order chi connectivity index (χ0) is 40.3. The molecule has 0 saturated heterocycles. The smallest absolute Gasteiger partial charge is 0.137 e. The van der Waals surface area contributed by atoms with Crippen molar-refractivity contribution in [3.05, 3.63) is 206 Å². The van der Waals surface area contributed by atoms with Crippen LogP contribution in [-0.4, -0.2) is 4.57 Å². The van der Waals surface area contributed by atoms with Crippen LogP contribution in [0.25, 0.3) is 82.5 Å². The van der Waals surface area contributed by atoms with Crippen molar-refractivity contribution in [1.82, 2.24) is 4.57 Å². The number of aromatic nitrogens is 1. The second-order valence-corrected chi connectivity index (χ2v) is 16.6. The fourth-order valence-electron chi connectivity index (χ4n) is 10.5. The van der Waals surface area contributed by atoms with Gasteiger partial charge in [-0.1, -0.05) is 159 Å². The van der Waals surface area contributed by atoms with Crippen LogP contribution in [0.1, 0.15) is 43.6 Å². The van der Waals surface area contributed by atoms with E-state index in [1.165, 1.54) is 86.9 Å². The van der Waals surface area contributed by atoms with Crippen molar-refractivity contribution in [1.29, 1.82) is 0 Å². The number of hydrogen-bond acceptors (Lipinski definition) is 2. The van der Waals surface area contributed by atoms with Gasteiger partial charge in [0, 0.05) is 33.1 Å². The van der Waals surface area contributed by atoms with Gasteiger partial charge in [0.15, 0.2) is 0 Å². The van der Waals surface area contributed by atoms with Crippen molar-refractivity contribution >= 4 is 71.6 Å². The molecule has 11 aromatic rings. The highest BCUT2D eigenvalue weighted by Gasteiger charge is 2.25. The van der Waals surface area contributed by atoms with Gasteiger partial charge in [-0.15, -0.1) is 0 Å². The Balaban J connectivity index is 1.12. The monoisotopic (exact) mass is 784 g/mol. The predicted octanol–water partition coefficient (Wildman–Crippen LogP) is 16.7. The van der Waals surface area contributed by atoms with E-state index in [9.17, 15) is 0 Å². The molecule has 9 aromatic carbocycles. The third-order valence-electron chi connectivity index (χ3n) is 13.2. The largest absolute Gasteiger partial charge is 0.456 e. The van der Waals surface area contributed by atoms with Crippen molar-refractivity contribution in [2.45, 2.75) is 38.0 Å². The van der Waals surface area contributed by atoms with Crippen LogP contribution >= 0.6 is 0 Å². The van der Waals surface area contributed by atoms with Gasteiger partial charge in [-0.05, 0) is 112 Å². The summed E-state index contributed by atoms with van der Waals surface area (Å²) in [7, 11) is 0. The fourth-order valence-corrected chi connectivity index (χ4v) is 10.5. The molecule has 1 saturated carbocycles. The molecule has 3 heteroatoms. The first-order valence-electron chi connectivity index (χ1n) is 21.8. The van der Waals surface area contributed by atoms with Crippen molar-refractivity contribution in [2.24, 2.45) is 0 Å². The minimum Gasteiger partial charge on any atom is -0.456 e. The summed E-state index contributed by atoms with van der Waals surface area (Å²) in [5, 5.41) is 7.38. The van der Waals surface area contributed by atoms with E-state index in [4.69, 9.17) is 4.42 Å². The molecular weight excluding hydrogens is 741 g/mol. The molecule has 0 spiro atoms. The maximum atomic E-state index is 6.56. The second kappa shape index (κ2) is 14.7. The molecule has 3 nitrogen and oxygen atoms in total. The van der Waals surface area contributed by atoms with Crippen LogP contribution in [0.2, 0.25) is 0 Å². The first kappa shape index (κ1) is 35.6. The third-order valence-corrected chi connectivity index (χ3v) is 13.2. The lowest BCUT2D eigenvalue weighted by Crippen LogP contribution is -2.12. The minimum absolute atomic E-state index is 0.570. The molecule has 0 atom stereocenters. The van der Waals surface area contributed by atoms with Gasteiger partial charge in [0.25, 0.3) is 0 Å². The average molecular weight is 785 g/mol. The summed E-state index contributed by atoms with van der Waals surface area (Å²) < 4.78 is 8.96. The first-order valence-corrected chi connectivity index (χ1v) is 21.8. The molecule has 2 heterocycles. The summed E-state index contributed by atoms with van der Waals surface area (Å²) in [4.78, 5) is 2.48. The van der Waals surface area contributed by atoms with Crippen LogP contribution < -0.4 is 4.90 Å². The molecule has 1 aliphatic rings.